The highest BCUT2D eigenvalue weighted by molar-refractivity contribution is 5.89. The highest BCUT2D eigenvalue weighted by atomic mass is 16.5. The predicted octanol–water partition coefficient (Wildman–Crippen LogP) is 1.32. The molecule has 0 atom stereocenters. The second kappa shape index (κ2) is 4.77. The molecule has 14 heavy (non-hydrogen) atoms. The topological polar surface area (TPSA) is 46.5 Å². The molecule has 0 fully saturated rings. The Balaban J connectivity index is 2.94. The molecule has 1 rings (SSSR count). The van der Waals surface area contributed by atoms with Crippen LogP contribution in [-0.2, 0) is 11.2 Å². The first kappa shape index (κ1) is 10.7. The number of rotatable bonds is 3. The van der Waals surface area contributed by atoms with Crippen LogP contribution in [0.1, 0.15) is 21.5 Å². The highest BCUT2D eigenvalue weighted by Gasteiger charge is 2.06. The van der Waals surface area contributed by atoms with Gasteiger partial charge in [-0.05, 0) is 36.6 Å². The Labute approximate surface area is 83.3 Å². The minimum absolute atomic E-state index is 0.123. The summed E-state index contributed by atoms with van der Waals surface area (Å²) in [6.45, 7) is 2.04. The van der Waals surface area contributed by atoms with E-state index in [9.17, 15) is 4.79 Å². The van der Waals surface area contributed by atoms with E-state index < -0.39 is 0 Å². The van der Waals surface area contributed by atoms with E-state index in [0.717, 1.165) is 11.1 Å². The van der Waals surface area contributed by atoms with Gasteiger partial charge in [0, 0.05) is 6.61 Å². The van der Waals surface area contributed by atoms with Crippen LogP contribution in [0.4, 0.5) is 0 Å². The van der Waals surface area contributed by atoms with E-state index in [1.165, 1.54) is 7.11 Å². The van der Waals surface area contributed by atoms with Crippen molar-refractivity contribution < 1.29 is 14.6 Å². The van der Waals surface area contributed by atoms with Gasteiger partial charge in [-0.3, -0.25) is 0 Å². The van der Waals surface area contributed by atoms with Gasteiger partial charge in [0.25, 0.3) is 0 Å². The SMILES string of the molecule is COC(=O)c1ccc(CCO)c(C)c1. The minimum Gasteiger partial charge on any atom is -0.465 e. The third-order valence-corrected chi connectivity index (χ3v) is 2.14. The molecule has 76 valence electrons. The van der Waals surface area contributed by atoms with Crippen LogP contribution in [0.25, 0.3) is 0 Å². The Morgan fingerprint density at radius 1 is 1.50 bits per heavy atom. The zero-order valence-corrected chi connectivity index (χ0v) is 8.41. The van der Waals surface area contributed by atoms with Crippen molar-refractivity contribution in [1.29, 1.82) is 0 Å². The van der Waals surface area contributed by atoms with Gasteiger partial charge in [0.15, 0.2) is 0 Å². The molecule has 3 nitrogen and oxygen atoms in total. The van der Waals surface area contributed by atoms with Gasteiger partial charge >= 0.3 is 5.97 Å². The standard InChI is InChI=1S/C11H14O3/c1-8-7-10(11(13)14-2)4-3-9(8)5-6-12/h3-4,7,12H,5-6H2,1-2H3. The maximum absolute atomic E-state index is 11.2. The quantitative estimate of drug-likeness (QED) is 0.738. The van der Waals surface area contributed by atoms with Crippen molar-refractivity contribution in [2.75, 3.05) is 13.7 Å². The van der Waals surface area contributed by atoms with Crippen molar-refractivity contribution in [3.63, 3.8) is 0 Å². The molecule has 0 saturated heterocycles. The molecule has 1 N–H and O–H groups in total. The highest BCUT2D eigenvalue weighted by Crippen LogP contribution is 2.12. The van der Waals surface area contributed by atoms with Crippen LogP contribution in [-0.4, -0.2) is 24.8 Å². The Morgan fingerprint density at radius 3 is 2.71 bits per heavy atom. The van der Waals surface area contributed by atoms with Gasteiger partial charge in [-0.25, -0.2) is 4.79 Å². The van der Waals surface area contributed by atoms with Crippen LogP contribution in [0, 0.1) is 6.92 Å². The molecule has 0 radical (unpaired) electrons. The lowest BCUT2D eigenvalue weighted by Crippen LogP contribution is -2.03. The summed E-state index contributed by atoms with van der Waals surface area (Å²) in [6, 6.07) is 5.33. The summed E-state index contributed by atoms with van der Waals surface area (Å²) >= 11 is 0. The fourth-order valence-electron chi connectivity index (χ4n) is 1.34. The Bertz CT molecular complexity index is 331. The van der Waals surface area contributed by atoms with Gasteiger partial charge in [-0.2, -0.15) is 0 Å². The molecule has 3 heteroatoms. The first-order valence-corrected chi connectivity index (χ1v) is 4.47. The number of carbonyl (C=O) groups excluding carboxylic acids is 1. The first-order valence-electron chi connectivity index (χ1n) is 4.47. The van der Waals surface area contributed by atoms with Crippen molar-refractivity contribution in [2.45, 2.75) is 13.3 Å². The van der Waals surface area contributed by atoms with Gasteiger partial charge < -0.3 is 9.84 Å². The minimum atomic E-state index is -0.330. The average Bonchev–Trinajstić information content (AvgIpc) is 2.20. The van der Waals surface area contributed by atoms with E-state index in [-0.39, 0.29) is 12.6 Å². The number of aryl methyl sites for hydroxylation is 1. The van der Waals surface area contributed by atoms with Crippen LogP contribution >= 0.6 is 0 Å². The number of hydrogen-bond acceptors (Lipinski definition) is 3. The molecule has 1 aromatic carbocycles. The summed E-state index contributed by atoms with van der Waals surface area (Å²) in [5, 5.41) is 8.78. The predicted molar refractivity (Wildman–Crippen MR) is 53.3 cm³/mol. The molecule has 0 aromatic heterocycles. The van der Waals surface area contributed by atoms with E-state index in [1.54, 1.807) is 12.1 Å². The lowest BCUT2D eigenvalue weighted by atomic mass is 10.0. The second-order valence-electron chi connectivity index (χ2n) is 3.11. The van der Waals surface area contributed by atoms with Crippen molar-refractivity contribution >= 4 is 5.97 Å². The van der Waals surface area contributed by atoms with Gasteiger partial charge in [0.1, 0.15) is 0 Å². The molecule has 0 saturated carbocycles. The number of benzene rings is 1. The molecule has 0 aliphatic rings. The summed E-state index contributed by atoms with van der Waals surface area (Å²) in [5.41, 5.74) is 2.61. The number of methoxy groups -OCH3 is 1. The summed E-state index contributed by atoms with van der Waals surface area (Å²) in [6.07, 6.45) is 0.618. The summed E-state index contributed by atoms with van der Waals surface area (Å²) in [7, 11) is 1.36. The number of ether oxygens (including phenoxy) is 1. The Kier molecular flexibility index (Phi) is 3.65. The van der Waals surface area contributed by atoms with Crippen molar-refractivity contribution in [1.82, 2.24) is 0 Å². The molecular weight excluding hydrogens is 180 g/mol. The van der Waals surface area contributed by atoms with Crippen LogP contribution in [0.2, 0.25) is 0 Å². The van der Waals surface area contributed by atoms with E-state index >= 15 is 0 Å². The van der Waals surface area contributed by atoms with Gasteiger partial charge in [-0.15, -0.1) is 0 Å². The van der Waals surface area contributed by atoms with Gasteiger partial charge in [0.05, 0.1) is 12.7 Å². The van der Waals surface area contributed by atoms with E-state index in [0.29, 0.717) is 12.0 Å². The number of hydrogen-bond donors (Lipinski definition) is 1. The molecule has 0 aliphatic heterocycles. The van der Waals surface area contributed by atoms with Crippen LogP contribution in [0.15, 0.2) is 18.2 Å². The molecule has 1 aromatic rings. The van der Waals surface area contributed by atoms with Gasteiger partial charge in [-0.1, -0.05) is 6.07 Å². The average molecular weight is 194 g/mol. The maximum atomic E-state index is 11.2. The van der Waals surface area contributed by atoms with E-state index in [2.05, 4.69) is 4.74 Å². The van der Waals surface area contributed by atoms with E-state index in [1.807, 2.05) is 13.0 Å². The Hall–Kier alpha value is -1.35. The van der Waals surface area contributed by atoms with Crippen molar-refractivity contribution in [2.24, 2.45) is 0 Å². The fourth-order valence-corrected chi connectivity index (χ4v) is 1.34. The number of carbonyl (C=O) groups is 1. The third-order valence-electron chi connectivity index (χ3n) is 2.14. The maximum Gasteiger partial charge on any atom is 0.337 e. The zero-order chi connectivity index (χ0) is 10.6. The first-order chi connectivity index (χ1) is 6.69. The summed E-state index contributed by atoms with van der Waals surface area (Å²) in [5.74, 6) is -0.330. The lowest BCUT2D eigenvalue weighted by Gasteiger charge is -2.05. The molecule has 0 amide bonds. The lowest BCUT2D eigenvalue weighted by molar-refractivity contribution is 0.0600. The fraction of sp³-hybridized carbons (Fsp3) is 0.364. The number of aliphatic hydroxyl groups is 1. The molecule has 0 spiro atoms. The van der Waals surface area contributed by atoms with Crippen molar-refractivity contribution in [3.8, 4) is 0 Å². The third kappa shape index (κ3) is 2.33. The van der Waals surface area contributed by atoms with E-state index in [4.69, 9.17) is 5.11 Å². The van der Waals surface area contributed by atoms with Gasteiger partial charge in [0.2, 0.25) is 0 Å². The number of esters is 1. The zero-order valence-electron chi connectivity index (χ0n) is 8.41. The summed E-state index contributed by atoms with van der Waals surface area (Å²) in [4.78, 5) is 11.2. The molecule has 0 aliphatic carbocycles. The Morgan fingerprint density at radius 2 is 2.21 bits per heavy atom. The van der Waals surface area contributed by atoms with Crippen LogP contribution < -0.4 is 0 Å². The largest absolute Gasteiger partial charge is 0.465 e. The van der Waals surface area contributed by atoms with Crippen LogP contribution in [0.3, 0.4) is 0 Å². The monoisotopic (exact) mass is 194 g/mol. The van der Waals surface area contributed by atoms with Crippen LogP contribution in [0.5, 0.6) is 0 Å². The molecule has 0 bridgehead atoms. The molecule has 0 heterocycles. The summed E-state index contributed by atoms with van der Waals surface area (Å²) < 4.78 is 4.60. The smallest absolute Gasteiger partial charge is 0.337 e. The second-order valence-corrected chi connectivity index (χ2v) is 3.11. The normalized spacial score (nSPS) is 9.93. The molecule has 0 unspecified atom stereocenters. The number of aliphatic hydroxyl groups excluding tert-OH is 1. The molecular formula is C11H14O3. The van der Waals surface area contributed by atoms with Crippen molar-refractivity contribution in [3.05, 3.63) is 34.9 Å².